The van der Waals surface area contributed by atoms with E-state index in [1.807, 2.05) is 43.3 Å². The molecule has 1 aromatic carbocycles. The lowest BCUT2D eigenvalue weighted by atomic mass is 10.2. The second kappa shape index (κ2) is 6.70. The van der Waals surface area contributed by atoms with E-state index < -0.39 is 0 Å². The quantitative estimate of drug-likeness (QED) is 0.808. The van der Waals surface area contributed by atoms with Crippen molar-refractivity contribution in [2.45, 2.75) is 6.92 Å². The van der Waals surface area contributed by atoms with Gasteiger partial charge in [-0.3, -0.25) is 4.79 Å². The number of rotatable bonds is 4. The maximum absolute atomic E-state index is 11.5. The zero-order chi connectivity index (χ0) is 15.2. The van der Waals surface area contributed by atoms with Crippen LogP contribution in [0.15, 0.2) is 48.7 Å². The molecule has 1 amide bonds. The Kier molecular flexibility index (Phi) is 4.72. The number of likely N-dealkylation sites (N-methyl/N-ethyl adjacent to an activating group) is 1. The van der Waals surface area contributed by atoms with Crippen molar-refractivity contribution in [3.63, 3.8) is 0 Å². The molecular weight excluding hydrogens is 264 g/mol. The van der Waals surface area contributed by atoms with Gasteiger partial charge in [0, 0.05) is 32.4 Å². The summed E-state index contributed by atoms with van der Waals surface area (Å²) in [7, 11) is 3.44. The third kappa shape index (κ3) is 4.45. The fraction of sp³-hybridized carbons (Fsp3) is 0.176. The Balaban J connectivity index is 2.02. The summed E-state index contributed by atoms with van der Waals surface area (Å²) in [6.45, 7) is 1.98. The molecule has 0 radical (unpaired) electrons. The molecule has 1 heterocycles. The zero-order valence-corrected chi connectivity index (χ0v) is 12.4. The number of pyridine rings is 1. The Morgan fingerprint density at radius 2 is 1.86 bits per heavy atom. The van der Waals surface area contributed by atoms with Gasteiger partial charge in [0.15, 0.2) is 0 Å². The minimum atomic E-state index is -0.0424. The molecule has 0 N–H and O–H groups in total. The van der Waals surface area contributed by atoms with Gasteiger partial charge in [-0.15, -0.1) is 0 Å². The zero-order valence-electron chi connectivity index (χ0n) is 12.4. The van der Waals surface area contributed by atoms with Crippen molar-refractivity contribution < 1.29 is 9.53 Å². The number of hydrogen-bond donors (Lipinski definition) is 0. The van der Waals surface area contributed by atoms with Crippen molar-refractivity contribution in [3.8, 4) is 11.6 Å². The normalized spacial score (nSPS) is 10.6. The summed E-state index contributed by atoms with van der Waals surface area (Å²) < 4.78 is 5.64. The minimum Gasteiger partial charge on any atom is -0.439 e. The van der Waals surface area contributed by atoms with E-state index >= 15 is 0 Å². The average molecular weight is 282 g/mol. The number of carbonyl (C=O) groups excluding carboxylic acids is 1. The van der Waals surface area contributed by atoms with Gasteiger partial charge in [0.1, 0.15) is 5.75 Å². The monoisotopic (exact) mass is 282 g/mol. The van der Waals surface area contributed by atoms with E-state index in [2.05, 4.69) is 4.98 Å². The van der Waals surface area contributed by atoms with Gasteiger partial charge in [-0.05, 0) is 36.3 Å². The van der Waals surface area contributed by atoms with E-state index in [0.717, 1.165) is 11.1 Å². The average Bonchev–Trinajstić information content (AvgIpc) is 2.48. The number of hydrogen-bond acceptors (Lipinski definition) is 3. The highest BCUT2D eigenvalue weighted by Crippen LogP contribution is 2.20. The summed E-state index contributed by atoms with van der Waals surface area (Å²) in [4.78, 5) is 17.2. The first-order chi connectivity index (χ1) is 10.0. The van der Waals surface area contributed by atoms with Crippen LogP contribution in [-0.4, -0.2) is 29.9 Å². The summed E-state index contributed by atoms with van der Waals surface area (Å²) in [6.07, 6.45) is 5.08. The predicted molar refractivity (Wildman–Crippen MR) is 83.2 cm³/mol. The standard InChI is InChI=1S/C17H18N2O2/c1-13-4-10-16(18-12-13)21-15-8-5-14(6-9-15)7-11-17(20)19(2)3/h4-12H,1-3H3/b11-7+. The SMILES string of the molecule is Cc1ccc(Oc2ccc(/C=C/C(=O)N(C)C)cc2)nc1. The Morgan fingerprint density at radius 1 is 1.14 bits per heavy atom. The Labute approximate surface area is 124 Å². The second-order valence-corrected chi connectivity index (χ2v) is 4.91. The van der Waals surface area contributed by atoms with Crippen LogP contribution in [0.3, 0.4) is 0 Å². The highest BCUT2D eigenvalue weighted by atomic mass is 16.5. The number of benzene rings is 1. The number of ether oxygens (including phenoxy) is 1. The third-order valence-electron chi connectivity index (χ3n) is 2.85. The molecule has 0 bridgehead atoms. The minimum absolute atomic E-state index is 0.0424. The summed E-state index contributed by atoms with van der Waals surface area (Å²) in [5, 5.41) is 0. The van der Waals surface area contributed by atoms with Gasteiger partial charge >= 0.3 is 0 Å². The number of carbonyl (C=O) groups is 1. The van der Waals surface area contributed by atoms with Crippen LogP contribution in [0.5, 0.6) is 11.6 Å². The molecular formula is C17H18N2O2. The van der Waals surface area contributed by atoms with Crippen LogP contribution in [0.25, 0.3) is 6.08 Å². The number of aryl methyl sites for hydroxylation is 1. The maximum Gasteiger partial charge on any atom is 0.246 e. The Morgan fingerprint density at radius 3 is 2.43 bits per heavy atom. The molecule has 0 aliphatic heterocycles. The lowest BCUT2D eigenvalue weighted by molar-refractivity contribution is -0.123. The molecule has 4 nitrogen and oxygen atoms in total. The lowest BCUT2D eigenvalue weighted by Gasteiger charge is -2.06. The van der Waals surface area contributed by atoms with E-state index in [1.54, 1.807) is 26.4 Å². The maximum atomic E-state index is 11.5. The predicted octanol–water partition coefficient (Wildman–Crippen LogP) is 3.28. The molecule has 1 aromatic heterocycles. The molecule has 0 atom stereocenters. The summed E-state index contributed by atoms with van der Waals surface area (Å²) in [5.74, 6) is 1.23. The van der Waals surface area contributed by atoms with Crippen LogP contribution in [0.1, 0.15) is 11.1 Å². The Bertz CT molecular complexity index is 629. The van der Waals surface area contributed by atoms with Crippen molar-refractivity contribution in [3.05, 3.63) is 59.8 Å². The van der Waals surface area contributed by atoms with E-state index in [4.69, 9.17) is 4.74 Å². The van der Waals surface area contributed by atoms with E-state index in [0.29, 0.717) is 11.6 Å². The molecule has 0 fully saturated rings. The van der Waals surface area contributed by atoms with Gasteiger partial charge in [-0.25, -0.2) is 4.98 Å². The molecule has 0 spiro atoms. The van der Waals surface area contributed by atoms with Crippen molar-refractivity contribution in [2.75, 3.05) is 14.1 Å². The van der Waals surface area contributed by atoms with Crippen LogP contribution in [-0.2, 0) is 4.79 Å². The van der Waals surface area contributed by atoms with E-state index in [1.165, 1.54) is 11.0 Å². The fourth-order valence-corrected chi connectivity index (χ4v) is 1.60. The summed E-state index contributed by atoms with van der Waals surface area (Å²) in [6, 6.07) is 11.3. The van der Waals surface area contributed by atoms with Crippen molar-refractivity contribution in [1.29, 1.82) is 0 Å². The smallest absolute Gasteiger partial charge is 0.246 e. The second-order valence-electron chi connectivity index (χ2n) is 4.91. The molecule has 4 heteroatoms. The first kappa shape index (κ1) is 14.8. The fourth-order valence-electron chi connectivity index (χ4n) is 1.60. The number of aromatic nitrogens is 1. The molecule has 2 rings (SSSR count). The first-order valence-electron chi connectivity index (χ1n) is 6.64. The first-order valence-corrected chi connectivity index (χ1v) is 6.64. The van der Waals surface area contributed by atoms with Gasteiger partial charge in [0.2, 0.25) is 11.8 Å². The molecule has 0 unspecified atom stereocenters. The number of nitrogens with zero attached hydrogens (tertiary/aromatic N) is 2. The summed E-state index contributed by atoms with van der Waals surface area (Å²) in [5.41, 5.74) is 2.03. The summed E-state index contributed by atoms with van der Waals surface area (Å²) >= 11 is 0. The third-order valence-corrected chi connectivity index (χ3v) is 2.85. The van der Waals surface area contributed by atoms with Crippen molar-refractivity contribution >= 4 is 12.0 Å². The largest absolute Gasteiger partial charge is 0.439 e. The van der Waals surface area contributed by atoms with Crippen LogP contribution < -0.4 is 4.74 Å². The molecule has 0 aliphatic rings. The van der Waals surface area contributed by atoms with Gasteiger partial charge in [-0.2, -0.15) is 0 Å². The van der Waals surface area contributed by atoms with Crippen LogP contribution in [0, 0.1) is 6.92 Å². The van der Waals surface area contributed by atoms with E-state index in [-0.39, 0.29) is 5.91 Å². The van der Waals surface area contributed by atoms with Crippen LogP contribution >= 0.6 is 0 Å². The highest BCUT2D eigenvalue weighted by molar-refractivity contribution is 5.91. The lowest BCUT2D eigenvalue weighted by Crippen LogP contribution is -2.18. The number of amides is 1. The molecule has 0 aliphatic carbocycles. The molecule has 0 saturated heterocycles. The Hall–Kier alpha value is -2.62. The van der Waals surface area contributed by atoms with Crippen molar-refractivity contribution in [1.82, 2.24) is 9.88 Å². The van der Waals surface area contributed by atoms with Gasteiger partial charge in [0.25, 0.3) is 0 Å². The van der Waals surface area contributed by atoms with Crippen LogP contribution in [0.4, 0.5) is 0 Å². The topological polar surface area (TPSA) is 42.4 Å². The molecule has 2 aromatic rings. The van der Waals surface area contributed by atoms with Gasteiger partial charge in [-0.1, -0.05) is 18.2 Å². The molecule has 0 saturated carbocycles. The van der Waals surface area contributed by atoms with Crippen molar-refractivity contribution in [2.24, 2.45) is 0 Å². The van der Waals surface area contributed by atoms with Gasteiger partial charge < -0.3 is 9.64 Å². The van der Waals surface area contributed by atoms with Crippen LogP contribution in [0.2, 0.25) is 0 Å². The van der Waals surface area contributed by atoms with Gasteiger partial charge in [0.05, 0.1) is 0 Å². The van der Waals surface area contributed by atoms with E-state index in [9.17, 15) is 4.79 Å². The molecule has 108 valence electrons. The molecule has 21 heavy (non-hydrogen) atoms. The highest BCUT2D eigenvalue weighted by Gasteiger charge is 1.99.